The van der Waals surface area contributed by atoms with Crippen molar-refractivity contribution in [1.29, 1.82) is 10.5 Å². The number of hydrogen-bond donors (Lipinski definition) is 0. The topological polar surface area (TPSA) is 135 Å². The van der Waals surface area contributed by atoms with E-state index in [4.69, 9.17) is 0 Å². The van der Waals surface area contributed by atoms with Crippen molar-refractivity contribution in [3.63, 3.8) is 0 Å². The average Bonchev–Trinajstić information content (AvgIpc) is 3.74. The number of nitrogens with zero attached hydrogens (tertiary/aromatic N) is 10. The van der Waals surface area contributed by atoms with E-state index in [2.05, 4.69) is 99.7 Å². The highest BCUT2D eigenvalue weighted by Crippen LogP contribution is 2.41. The van der Waals surface area contributed by atoms with Gasteiger partial charge in [0, 0.05) is 32.7 Å². The number of rotatable bonds is 5. The van der Waals surface area contributed by atoms with Crippen LogP contribution in [0.1, 0.15) is 34.4 Å². The smallest absolute Gasteiger partial charge is 0.163 e. The summed E-state index contributed by atoms with van der Waals surface area (Å²) in [5.74, 6) is 3.83. The third-order valence-corrected chi connectivity index (χ3v) is 10.6. The monoisotopic (exact) mass is 748 g/mol. The van der Waals surface area contributed by atoms with Crippen molar-refractivity contribution in [3.8, 4) is 57.4 Å². The van der Waals surface area contributed by atoms with E-state index >= 15 is 0 Å². The SMILES string of the molecule is Cc1nc(C)nc(-c2ccc3c(c2)c2ccccc2n3-c2cc(-c3ccccc3C#N)cc(-n3c4ccccc4c4cc(-c5nc(C)nc(C)n5)ccc43)c2C#N)n1. The Balaban J connectivity index is 1.30. The molecular formula is C48H32N10. The number of aromatic nitrogens is 8. The summed E-state index contributed by atoms with van der Waals surface area (Å²) in [6.07, 6.45) is 0. The van der Waals surface area contributed by atoms with Crippen LogP contribution in [0.4, 0.5) is 0 Å². The molecule has 4 aromatic heterocycles. The Labute approximate surface area is 333 Å². The zero-order chi connectivity index (χ0) is 39.7. The number of fused-ring (bicyclic) bond motifs is 6. The van der Waals surface area contributed by atoms with E-state index < -0.39 is 0 Å². The molecule has 0 saturated heterocycles. The summed E-state index contributed by atoms with van der Waals surface area (Å²) in [5, 5.41) is 25.7. The van der Waals surface area contributed by atoms with Gasteiger partial charge in [0.05, 0.1) is 45.1 Å². The normalized spacial score (nSPS) is 11.4. The number of para-hydroxylation sites is 2. The van der Waals surface area contributed by atoms with Crippen LogP contribution in [0.2, 0.25) is 0 Å². The Morgan fingerprint density at radius 2 is 0.845 bits per heavy atom. The first-order valence-electron chi connectivity index (χ1n) is 18.8. The fourth-order valence-corrected chi connectivity index (χ4v) is 8.30. The van der Waals surface area contributed by atoms with Crippen molar-refractivity contribution >= 4 is 43.6 Å². The molecule has 0 aliphatic heterocycles. The molecule has 58 heavy (non-hydrogen) atoms. The molecule has 0 atom stereocenters. The Bertz CT molecular complexity index is 3200. The summed E-state index contributed by atoms with van der Waals surface area (Å²) in [7, 11) is 0. The predicted octanol–water partition coefficient (Wildman–Crippen LogP) is 10.2. The quantitative estimate of drug-likeness (QED) is 0.170. The van der Waals surface area contributed by atoms with Crippen LogP contribution in [-0.4, -0.2) is 39.0 Å². The molecule has 10 nitrogen and oxygen atoms in total. The van der Waals surface area contributed by atoms with Crippen molar-refractivity contribution in [1.82, 2.24) is 39.0 Å². The molecule has 274 valence electrons. The first kappa shape index (κ1) is 34.4. The molecule has 0 aliphatic carbocycles. The Morgan fingerprint density at radius 1 is 0.414 bits per heavy atom. The van der Waals surface area contributed by atoms with Crippen LogP contribution in [0, 0.1) is 50.4 Å². The second-order valence-corrected chi connectivity index (χ2v) is 14.3. The summed E-state index contributed by atoms with van der Waals surface area (Å²) in [4.78, 5) is 27.4. The second-order valence-electron chi connectivity index (χ2n) is 14.3. The minimum Gasteiger partial charge on any atom is -0.308 e. The zero-order valence-electron chi connectivity index (χ0n) is 32.0. The van der Waals surface area contributed by atoms with E-state index in [0.29, 0.717) is 57.4 Å². The number of benzene rings is 6. The van der Waals surface area contributed by atoms with Crippen LogP contribution in [0.25, 0.3) is 88.9 Å². The summed E-state index contributed by atoms with van der Waals surface area (Å²) in [6.45, 7) is 7.48. The molecule has 0 fully saturated rings. The molecule has 0 bridgehead atoms. The number of hydrogen-bond acceptors (Lipinski definition) is 8. The number of aryl methyl sites for hydroxylation is 4. The van der Waals surface area contributed by atoms with Crippen molar-refractivity contribution in [2.24, 2.45) is 0 Å². The Hall–Kier alpha value is -8.08. The van der Waals surface area contributed by atoms with Gasteiger partial charge < -0.3 is 9.13 Å². The van der Waals surface area contributed by atoms with E-state index in [0.717, 1.165) is 65.9 Å². The standard InChI is InChI=1S/C48H32N10/c1-27-51-28(2)54-47(53-27)31-17-19-43-38(21-31)36-13-7-9-15-41(36)57(43)45-23-34(35-12-6-5-11-33(35)25-49)24-46(40(45)26-50)58-42-16-10-8-14-37(42)39-22-32(18-20-44(39)58)48-55-29(3)52-30(4)56-48/h5-24H,1-4H3. The molecule has 10 heteroatoms. The molecule has 0 unspecified atom stereocenters. The summed E-state index contributed by atoms with van der Waals surface area (Å²) < 4.78 is 4.33. The van der Waals surface area contributed by atoms with E-state index in [1.807, 2.05) is 100 Å². The largest absolute Gasteiger partial charge is 0.308 e. The maximum Gasteiger partial charge on any atom is 0.163 e. The highest BCUT2D eigenvalue weighted by Gasteiger charge is 2.24. The molecule has 10 aromatic rings. The fraction of sp³-hybridized carbons (Fsp3) is 0.0833. The first-order valence-corrected chi connectivity index (χ1v) is 18.8. The van der Waals surface area contributed by atoms with Gasteiger partial charge in [-0.25, -0.2) is 29.9 Å². The van der Waals surface area contributed by atoms with Gasteiger partial charge in [-0.2, -0.15) is 10.5 Å². The van der Waals surface area contributed by atoms with Gasteiger partial charge in [-0.05, 0) is 106 Å². The Morgan fingerprint density at radius 3 is 1.31 bits per heavy atom. The van der Waals surface area contributed by atoms with E-state index in [-0.39, 0.29) is 0 Å². The van der Waals surface area contributed by atoms with Gasteiger partial charge in [0.1, 0.15) is 34.9 Å². The highest BCUT2D eigenvalue weighted by molar-refractivity contribution is 6.12. The van der Waals surface area contributed by atoms with Crippen molar-refractivity contribution in [2.45, 2.75) is 27.7 Å². The van der Waals surface area contributed by atoms with Gasteiger partial charge in [-0.3, -0.25) is 0 Å². The lowest BCUT2D eigenvalue weighted by molar-refractivity contribution is 0.928. The third-order valence-electron chi connectivity index (χ3n) is 10.6. The summed E-state index contributed by atoms with van der Waals surface area (Å²) in [5.41, 5.74) is 9.38. The van der Waals surface area contributed by atoms with Gasteiger partial charge in [0.2, 0.25) is 0 Å². The lowest BCUT2D eigenvalue weighted by Gasteiger charge is -2.19. The zero-order valence-corrected chi connectivity index (χ0v) is 32.0. The molecule has 4 heterocycles. The van der Waals surface area contributed by atoms with Crippen LogP contribution in [-0.2, 0) is 0 Å². The van der Waals surface area contributed by atoms with Gasteiger partial charge in [-0.1, -0.05) is 54.6 Å². The van der Waals surface area contributed by atoms with Crippen LogP contribution in [0.3, 0.4) is 0 Å². The average molecular weight is 749 g/mol. The summed E-state index contributed by atoms with van der Waals surface area (Å²) in [6, 6.07) is 45.6. The van der Waals surface area contributed by atoms with Crippen LogP contribution in [0.5, 0.6) is 0 Å². The maximum atomic E-state index is 11.4. The first-order chi connectivity index (χ1) is 28.3. The van der Waals surface area contributed by atoms with E-state index in [9.17, 15) is 10.5 Å². The predicted molar refractivity (Wildman–Crippen MR) is 227 cm³/mol. The molecule has 0 saturated carbocycles. The van der Waals surface area contributed by atoms with Crippen LogP contribution in [0.15, 0.2) is 121 Å². The van der Waals surface area contributed by atoms with Gasteiger partial charge >= 0.3 is 0 Å². The van der Waals surface area contributed by atoms with E-state index in [1.165, 1.54) is 0 Å². The molecule has 0 aliphatic rings. The molecule has 0 spiro atoms. The second kappa shape index (κ2) is 13.3. The molecule has 6 aromatic carbocycles. The van der Waals surface area contributed by atoms with E-state index in [1.54, 1.807) is 0 Å². The fourth-order valence-electron chi connectivity index (χ4n) is 8.30. The van der Waals surface area contributed by atoms with Crippen LogP contribution >= 0.6 is 0 Å². The molecule has 0 amide bonds. The minimum atomic E-state index is 0.476. The minimum absolute atomic E-state index is 0.476. The Kier molecular flexibility index (Phi) is 7.89. The maximum absolute atomic E-state index is 11.4. The molecule has 10 rings (SSSR count). The van der Waals surface area contributed by atoms with Crippen molar-refractivity contribution < 1.29 is 0 Å². The van der Waals surface area contributed by atoms with Gasteiger partial charge in [0.25, 0.3) is 0 Å². The third kappa shape index (κ3) is 5.47. The van der Waals surface area contributed by atoms with Crippen LogP contribution < -0.4 is 0 Å². The van der Waals surface area contributed by atoms with Gasteiger partial charge in [-0.15, -0.1) is 0 Å². The molecular weight excluding hydrogens is 717 g/mol. The highest BCUT2D eigenvalue weighted by atomic mass is 15.0. The van der Waals surface area contributed by atoms with Gasteiger partial charge in [0.15, 0.2) is 11.6 Å². The molecule has 0 N–H and O–H groups in total. The lowest BCUT2D eigenvalue weighted by atomic mass is 9.96. The lowest BCUT2D eigenvalue weighted by Crippen LogP contribution is -2.05. The van der Waals surface area contributed by atoms with Crippen molar-refractivity contribution in [3.05, 3.63) is 156 Å². The molecule has 0 radical (unpaired) electrons. The van der Waals surface area contributed by atoms with Crippen molar-refractivity contribution in [2.75, 3.05) is 0 Å². The number of nitriles is 2. The summed E-state index contributed by atoms with van der Waals surface area (Å²) >= 11 is 0.